The van der Waals surface area contributed by atoms with E-state index in [1.807, 2.05) is 65.0 Å². The Morgan fingerprint density at radius 3 is 2.16 bits per heavy atom. The van der Waals surface area contributed by atoms with Gasteiger partial charge in [-0.05, 0) is 46.5 Å². The van der Waals surface area contributed by atoms with Gasteiger partial charge < -0.3 is 21.3 Å². The number of fused-ring (bicyclic) bond motifs is 1. The molecular weight excluding hydrogens is 572 g/mol. The summed E-state index contributed by atoms with van der Waals surface area (Å²) < 4.78 is 0. The van der Waals surface area contributed by atoms with Gasteiger partial charge in [-0.1, -0.05) is 91.6 Å². The molecule has 10 nitrogen and oxygen atoms in total. The SMILES string of the molecule is CC(C)[C@H](NC(=O)N[C@H](C(=O)N1C[C@H]2[C@@H]([C@H]1C(=O)CC(CC1CC1)C(=O)C(N)=O)C2(C)C)C(C)(C)C)C(=O)Cc1ccccc1. The van der Waals surface area contributed by atoms with E-state index in [4.69, 9.17) is 5.73 Å². The topological polar surface area (TPSA) is 156 Å². The Hall–Kier alpha value is -3.56. The fraction of sp³-hybridized carbons (Fsp3) is 0.657. The molecular formula is C35H50N4O6. The quantitative estimate of drug-likeness (QED) is 0.270. The lowest BCUT2D eigenvalue weighted by atomic mass is 9.84. The summed E-state index contributed by atoms with van der Waals surface area (Å²) >= 11 is 0. The van der Waals surface area contributed by atoms with Crippen LogP contribution >= 0.6 is 0 Å². The van der Waals surface area contributed by atoms with Crippen molar-refractivity contribution in [2.45, 2.75) is 98.7 Å². The van der Waals surface area contributed by atoms with Gasteiger partial charge in [0.2, 0.25) is 11.7 Å². The number of carbonyl (C=O) groups is 6. The predicted molar refractivity (Wildman–Crippen MR) is 170 cm³/mol. The highest BCUT2D eigenvalue weighted by Crippen LogP contribution is 2.65. The van der Waals surface area contributed by atoms with Crippen molar-refractivity contribution in [1.82, 2.24) is 15.5 Å². The van der Waals surface area contributed by atoms with Crippen molar-refractivity contribution in [2.75, 3.05) is 6.54 Å². The summed E-state index contributed by atoms with van der Waals surface area (Å²) in [6.07, 6.45) is 2.39. The van der Waals surface area contributed by atoms with Crippen LogP contribution in [0.3, 0.4) is 0 Å². The van der Waals surface area contributed by atoms with E-state index in [1.54, 1.807) is 4.90 Å². The van der Waals surface area contributed by atoms with Crippen LogP contribution in [-0.4, -0.2) is 64.8 Å². The van der Waals surface area contributed by atoms with Crippen LogP contribution in [0.2, 0.25) is 0 Å². The van der Waals surface area contributed by atoms with Crippen molar-refractivity contribution in [3.63, 3.8) is 0 Å². The number of primary amides is 1. The number of amides is 4. The molecule has 3 aliphatic rings. The number of nitrogens with one attached hydrogen (secondary N) is 2. The Labute approximate surface area is 266 Å². The summed E-state index contributed by atoms with van der Waals surface area (Å²) in [6, 6.07) is 6.18. The normalized spacial score (nSPS) is 23.8. The van der Waals surface area contributed by atoms with Gasteiger partial charge in [-0.3, -0.25) is 24.0 Å². The minimum atomic E-state index is -1.04. The highest BCUT2D eigenvalue weighted by molar-refractivity contribution is 6.36. The van der Waals surface area contributed by atoms with Gasteiger partial charge in [-0.15, -0.1) is 0 Å². The monoisotopic (exact) mass is 622 g/mol. The number of ketones is 3. The molecule has 4 N–H and O–H groups in total. The summed E-state index contributed by atoms with van der Waals surface area (Å²) in [5.74, 6) is -3.16. The lowest BCUT2D eigenvalue weighted by Gasteiger charge is -2.38. The van der Waals surface area contributed by atoms with Crippen LogP contribution in [0.15, 0.2) is 30.3 Å². The van der Waals surface area contributed by atoms with Gasteiger partial charge in [0.1, 0.15) is 6.04 Å². The molecule has 1 aromatic rings. The van der Waals surface area contributed by atoms with Gasteiger partial charge in [-0.2, -0.15) is 0 Å². The van der Waals surface area contributed by atoms with E-state index in [0.717, 1.165) is 18.4 Å². The Balaban J connectivity index is 1.50. The minimum absolute atomic E-state index is 0.0745. The molecule has 246 valence electrons. The second-order valence-electron chi connectivity index (χ2n) is 15.4. The molecule has 0 bridgehead atoms. The second kappa shape index (κ2) is 13.0. The molecule has 10 heteroatoms. The maximum Gasteiger partial charge on any atom is 0.316 e. The number of rotatable bonds is 14. The zero-order valence-electron chi connectivity index (χ0n) is 27.7. The first-order valence-corrected chi connectivity index (χ1v) is 16.2. The number of urea groups is 1. The van der Waals surface area contributed by atoms with Crippen LogP contribution in [0.1, 0.15) is 79.7 Å². The standard InChI is InChI=1S/C35H50N4O6/c1-19(2)27(24(40)16-20-11-9-8-10-12-20)37-33(45)38-30(34(3,4)5)32(44)39-18-23-26(35(23,6)7)28(39)25(41)17-22(15-21-13-14-21)29(42)31(36)43/h8-12,19,21-23,26-28,30H,13-18H2,1-7H3,(H2,36,43)(H2,37,38,45)/t22?,23-,26-,27-,28+,30+/m0/s1. The molecule has 2 saturated carbocycles. The van der Waals surface area contributed by atoms with Gasteiger partial charge in [-0.25, -0.2) is 4.79 Å². The Morgan fingerprint density at radius 2 is 1.62 bits per heavy atom. The van der Waals surface area contributed by atoms with Gasteiger partial charge in [0, 0.05) is 25.3 Å². The van der Waals surface area contributed by atoms with Crippen LogP contribution in [0.5, 0.6) is 0 Å². The maximum atomic E-state index is 14.3. The largest absolute Gasteiger partial charge is 0.363 e. The molecule has 1 unspecified atom stereocenters. The van der Waals surface area contributed by atoms with E-state index in [0.29, 0.717) is 18.9 Å². The third kappa shape index (κ3) is 7.82. The molecule has 0 radical (unpaired) electrons. The van der Waals surface area contributed by atoms with Gasteiger partial charge in [0.25, 0.3) is 5.91 Å². The number of benzene rings is 1. The minimum Gasteiger partial charge on any atom is -0.363 e. The fourth-order valence-corrected chi connectivity index (χ4v) is 7.14. The number of nitrogens with zero attached hydrogens (tertiary/aromatic N) is 1. The average Bonchev–Trinajstić information content (AvgIpc) is 3.80. The summed E-state index contributed by atoms with van der Waals surface area (Å²) in [7, 11) is 0. The van der Waals surface area contributed by atoms with Crippen LogP contribution in [0.4, 0.5) is 4.79 Å². The van der Waals surface area contributed by atoms with Crippen molar-refractivity contribution < 1.29 is 28.8 Å². The van der Waals surface area contributed by atoms with Gasteiger partial charge >= 0.3 is 6.03 Å². The first-order chi connectivity index (χ1) is 20.9. The Morgan fingerprint density at radius 1 is 1.00 bits per heavy atom. The highest BCUT2D eigenvalue weighted by Gasteiger charge is 2.69. The van der Waals surface area contributed by atoms with Crippen LogP contribution in [0.25, 0.3) is 0 Å². The lowest BCUT2D eigenvalue weighted by molar-refractivity contribution is -0.144. The zero-order chi connectivity index (χ0) is 33.4. The Bertz CT molecular complexity index is 1330. The van der Waals surface area contributed by atoms with E-state index in [2.05, 4.69) is 24.5 Å². The van der Waals surface area contributed by atoms with E-state index in [1.165, 1.54) is 0 Å². The molecule has 6 atom stereocenters. The molecule has 1 aromatic carbocycles. The number of carbonyl (C=O) groups excluding carboxylic acids is 6. The summed E-state index contributed by atoms with van der Waals surface area (Å²) in [5, 5.41) is 5.64. The van der Waals surface area contributed by atoms with Crippen molar-refractivity contribution >= 4 is 35.2 Å². The second-order valence-corrected chi connectivity index (χ2v) is 15.4. The molecule has 2 aliphatic carbocycles. The molecule has 4 amide bonds. The summed E-state index contributed by atoms with van der Waals surface area (Å²) in [5.41, 5.74) is 5.31. The number of nitrogens with two attached hydrogens (primary N) is 1. The van der Waals surface area contributed by atoms with Crippen molar-refractivity contribution in [2.24, 2.45) is 46.2 Å². The third-order valence-corrected chi connectivity index (χ3v) is 10.1. The molecule has 1 heterocycles. The molecule has 0 aromatic heterocycles. The van der Waals surface area contributed by atoms with E-state index >= 15 is 0 Å². The van der Waals surface area contributed by atoms with E-state index < -0.39 is 47.2 Å². The van der Waals surface area contributed by atoms with Crippen LogP contribution in [-0.2, 0) is 30.4 Å². The zero-order valence-corrected chi connectivity index (χ0v) is 27.7. The number of piperidine rings is 1. The maximum absolute atomic E-state index is 14.3. The molecule has 4 rings (SSSR count). The van der Waals surface area contributed by atoms with Gasteiger partial charge in [0.05, 0.1) is 12.1 Å². The fourth-order valence-electron chi connectivity index (χ4n) is 7.14. The first kappa shape index (κ1) is 34.3. The molecule has 1 saturated heterocycles. The van der Waals surface area contributed by atoms with Crippen LogP contribution < -0.4 is 16.4 Å². The summed E-state index contributed by atoms with van der Waals surface area (Å²) in [4.78, 5) is 80.7. The number of hydrogen-bond donors (Lipinski definition) is 3. The highest BCUT2D eigenvalue weighted by atomic mass is 16.2. The van der Waals surface area contributed by atoms with Gasteiger partial charge in [0.15, 0.2) is 11.6 Å². The van der Waals surface area contributed by atoms with Crippen molar-refractivity contribution in [3.05, 3.63) is 35.9 Å². The first-order valence-electron chi connectivity index (χ1n) is 16.2. The molecule has 1 aliphatic heterocycles. The van der Waals surface area contributed by atoms with Crippen molar-refractivity contribution in [1.29, 1.82) is 0 Å². The van der Waals surface area contributed by atoms with E-state index in [-0.39, 0.29) is 53.5 Å². The predicted octanol–water partition coefficient (Wildman–Crippen LogP) is 3.45. The molecule has 0 spiro atoms. The smallest absolute Gasteiger partial charge is 0.316 e. The van der Waals surface area contributed by atoms with Crippen molar-refractivity contribution in [3.8, 4) is 0 Å². The number of hydrogen-bond acceptors (Lipinski definition) is 6. The third-order valence-electron chi connectivity index (χ3n) is 10.1. The Kier molecular flexibility index (Phi) is 9.95. The van der Waals surface area contributed by atoms with E-state index in [9.17, 15) is 28.8 Å². The lowest BCUT2D eigenvalue weighted by Crippen LogP contribution is -2.61. The van der Waals surface area contributed by atoms with Crippen LogP contribution in [0, 0.1) is 40.4 Å². The molecule has 45 heavy (non-hydrogen) atoms. The average molecular weight is 623 g/mol. The number of likely N-dealkylation sites (tertiary alicyclic amines) is 1. The summed E-state index contributed by atoms with van der Waals surface area (Å²) in [6.45, 7) is 13.7. The number of Topliss-reactive ketones (excluding diaryl/α,β-unsaturated/α-hetero) is 3. The molecule has 3 fully saturated rings.